The molecule has 1 aliphatic heterocycles. The lowest BCUT2D eigenvalue weighted by Gasteiger charge is -2.24. The molecule has 0 spiro atoms. The molecule has 2 heterocycles. The first-order valence-electron chi connectivity index (χ1n) is 8.73. The molecule has 25 heavy (non-hydrogen) atoms. The maximum Gasteiger partial charge on any atom is 0.254 e. The van der Waals surface area contributed by atoms with Crippen molar-refractivity contribution in [2.75, 3.05) is 25.9 Å². The first kappa shape index (κ1) is 17.4. The number of carbonyl (C=O) groups is 1. The second-order valence-corrected chi connectivity index (χ2v) is 6.52. The van der Waals surface area contributed by atoms with Gasteiger partial charge >= 0.3 is 0 Å². The zero-order valence-corrected chi connectivity index (χ0v) is 14.9. The maximum atomic E-state index is 12.9. The summed E-state index contributed by atoms with van der Waals surface area (Å²) in [5.74, 6) is 1.33. The van der Waals surface area contributed by atoms with Crippen LogP contribution in [0, 0.1) is 0 Å². The number of likely N-dealkylation sites (N-methyl/N-ethyl adjacent to an activating group) is 1. The summed E-state index contributed by atoms with van der Waals surface area (Å²) in [6, 6.07) is 9.88. The van der Waals surface area contributed by atoms with Crippen molar-refractivity contribution in [3.05, 3.63) is 53.5 Å². The van der Waals surface area contributed by atoms with Gasteiger partial charge in [-0.3, -0.25) is 9.69 Å². The lowest BCUT2D eigenvalue weighted by atomic mass is 10.0. The van der Waals surface area contributed by atoms with E-state index in [0.29, 0.717) is 24.2 Å². The molecule has 2 N–H and O–H groups in total. The number of aromatic nitrogens is 2. The van der Waals surface area contributed by atoms with E-state index in [-0.39, 0.29) is 5.91 Å². The van der Waals surface area contributed by atoms with Crippen molar-refractivity contribution in [3.8, 4) is 0 Å². The van der Waals surface area contributed by atoms with E-state index in [9.17, 15) is 4.79 Å². The normalized spacial score (nSPS) is 17.2. The van der Waals surface area contributed by atoms with Crippen molar-refractivity contribution in [3.63, 3.8) is 0 Å². The minimum atomic E-state index is 0.133. The van der Waals surface area contributed by atoms with Crippen molar-refractivity contribution in [1.82, 2.24) is 19.8 Å². The fourth-order valence-corrected chi connectivity index (χ4v) is 3.34. The lowest BCUT2D eigenvalue weighted by Crippen LogP contribution is -2.36. The van der Waals surface area contributed by atoms with E-state index in [4.69, 9.17) is 5.73 Å². The van der Waals surface area contributed by atoms with Crippen LogP contribution in [-0.2, 0) is 13.0 Å². The number of aryl methyl sites for hydroxylation is 1. The molecule has 1 saturated heterocycles. The molecule has 6 heteroatoms. The van der Waals surface area contributed by atoms with Crippen molar-refractivity contribution in [2.24, 2.45) is 0 Å². The van der Waals surface area contributed by atoms with Gasteiger partial charge in [0.15, 0.2) is 0 Å². The standard InChI is InChI=1S/C19H25N5O/c1-3-14-6-4-5-7-16(14)19(25)24-11-9-15(12-24)23(2)13-18-21-10-8-17(20)22-18/h4-8,10,15H,3,9,11-13H2,1-2H3,(H2,20,21,22)/t15-/m0/s1. The average Bonchev–Trinajstić information content (AvgIpc) is 3.11. The van der Waals surface area contributed by atoms with Gasteiger partial charge in [-0.15, -0.1) is 0 Å². The number of amides is 1. The highest BCUT2D eigenvalue weighted by atomic mass is 16.2. The number of hydrogen-bond donors (Lipinski definition) is 1. The monoisotopic (exact) mass is 339 g/mol. The van der Waals surface area contributed by atoms with Crippen LogP contribution in [0.4, 0.5) is 5.82 Å². The molecule has 1 atom stereocenters. The van der Waals surface area contributed by atoms with Crippen LogP contribution in [0.25, 0.3) is 0 Å². The number of anilines is 1. The number of benzene rings is 1. The fourth-order valence-electron chi connectivity index (χ4n) is 3.34. The van der Waals surface area contributed by atoms with Gasteiger partial charge in [-0.25, -0.2) is 9.97 Å². The van der Waals surface area contributed by atoms with Crippen LogP contribution in [0.2, 0.25) is 0 Å². The minimum absolute atomic E-state index is 0.133. The van der Waals surface area contributed by atoms with Crippen LogP contribution in [0.1, 0.15) is 35.1 Å². The predicted octanol–water partition coefficient (Wildman–Crippen LogP) is 1.97. The van der Waals surface area contributed by atoms with E-state index >= 15 is 0 Å². The van der Waals surface area contributed by atoms with Crippen molar-refractivity contribution in [1.29, 1.82) is 0 Å². The smallest absolute Gasteiger partial charge is 0.254 e. The Bertz CT molecular complexity index is 748. The molecule has 0 radical (unpaired) electrons. The van der Waals surface area contributed by atoms with E-state index in [1.807, 2.05) is 36.2 Å². The molecule has 1 amide bonds. The van der Waals surface area contributed by atoms with Gasteiger partial charge in [0, 0.05) is 30.9 Å². The minimum Gasteiger partial charge on any atom is -0.384 e. The molecule has 2 aromatic rings. The second-order valence-electron chi connectivity index (χ2n) is 6.52. The molecule has 1 aliphatic rings. The molecule has 3 rings (SSSR count). The number of hydrogen-bond acceptors (Lipinski definition) is 5. The Morgan fingerprint density at radius 2 is 2.16 bits per heavy atom. The molecule has 0 unspecified atom stereocenters. The van der Waals surface area contributed by atoms with E-state index < -0.39 is 0 Å². The number of carbonyl (C=O) groups excluding carboxylic acids is 1. The zero-order valence-electron chi connectivity index (χ0n) is 14.9. The van der Waals surface area contributed by atoms with Gasteiger partial charge in [0.05, 0.1) is 6.54 Å². The summed E-state index contributed by atoms with van der Waals surface area (Å²) >= 11 is 0. The van der Waals surface area contributed by atoms with Crippen LogP contribution in [-0.4, -0.2) is 51.9 Å². The van der Waals surface area contributed by atoms with Crippen molar-refractivity contribution in [2.45, 2.75) is 32.4 Å². The number of nitrogens with two attached hydrogens (primary N) is 1. The molecule has 132 valence electrons. The summed E-state index contributed by atoms with van der Waals surface area (Å²) in [4.78, 5) is 25.5. The fraction of sp³-hybridized carbons (Fsp3) is 0.421. The third-order valence-electron chi connectivity index (χ3n) is 4.82. The van der Waals surface area contributed by atoms with Crippen molar-refractivity contribution < 1.29 is 4.79 Å². The van der Waals surface area contributed by atoms with Gasteiger partial charge < -0.3 is 10.6 Å². The van der Waals surface area contributed by atoms with Crippen LogP contribution < -0.4 is 5.73 Å². The Kier molecular flexibility index (Phi) is 5.28. The van der Waals surface area contributed by atoms with Gasteiger partial charge in [-0.05, 0) is 37.6 Å². The number of likely N-dealkylation sites (tertiary alicyclic amines) is 1. The Morgan fingerprint density at radius 3 is 2.92 bits per heavy atom. The Balaban J connectivity index is 1.64. The predicted molar refractivity (Wildman–Crippen MR) is 98.0 cm³/mol. The van der Waals surface area contributed by atoms with Gasteiger partial charge in [0.25, 0.3) is 5.91 Å². The second kappa shape index (κ2) is 7.61. The van der Waals surface area contributed by atoms with Gasteiger partial charge in [-0.1, -0.05) is 25.1 Å². The molecule has 1 aromatic heterocycles. The molecule has 6 nitrogen and oxygen atoms in total. The van der Waals surface area contributed by atoms with Crippen LogP contribution in [0.15, 0.2) is 36.5 Å². The summed E-state index contributed by atoms with van der Waals surface area (Å²) in [7, 11) is 2.05. The average molecular weight is 339 g/mol. The van der Waals surface area contributed by atoms with E-state index in [1.54, 1.807) is 12.3 Å². The van der Waals surface area contributed by atoms with Gasteiger partial charge in [0.1, 0.15) is 11.6 Å². The Morgan fingerprint density at radius 1 is 1.36 bits per heavy atom. The summed E-state index contributed by atoms with van der Waals surface area (Å²) in [6.45, 7) is 4.22. The molecular weight excluding hydrogens is 314 g/mol. The third-order valence-corrected chi connectivity index (χ3v) is 4.82. The van der Waals surface area contributed by atoms with E-state index in [0.717, 1.165) is 37.1 Å². The van der Waals surface area contributed by atoms with E-state index in [2.05, 4.69) is 21.8 Å². The first-order valence-corrected chi connectivity index (χ1v) is 8.73. The van der Waals surface area contributed by atoms with Crippen LogP contribution in [0.5, 0.6) is 0 Å². The highest BCUT2D eigenvalue weighted by molar-refractivity contribution is 5.95. The summed E-state index contributed by atoms with van der Waals surface area (Å²) < 4.78 is 0. The van der Waals surface area contributed by atoms with Crippen LogP contribution >= 0.6 is 0 Å². The van der Waals surface area contributed by atoms with Crippen LogP contribution in [0.3, 0.4) is 0 Å². The highest BCUT2D eigenvalue weighted by Crippen LogP contribution is 2.20. The molecular formula is C19H25N5O. The quantitative estimate of drug-likeness (QED) is 0.901. The summed E-state index contributed by atoms with van der Waals surface area (Å²) in [5.41, 5.74) is 7.65. The van der Waals surface area contributed by atoms with Gasteiger partial charge in [0.2, 0.25) is 0 Å². The number of rotatable bonds is 5. The lowest BCUT2D eigenvalue weighted by molar-refractivity contribution is 0.0778. The largest absolute Gasteiger partial charge is 0.384 e. The highest BCUT2D eigenvalue weighted by Gasteiger charge is 2.30. The Labute approximate surface area is 148 Å². The number of nitrogens with zero attached hydrogens (tertiary/aromatic N) is 4. The third kappa shape index (κ3) is 3.96. The molecule has 0 bridgehead atoms. The SMILES string of the molecule is CCc1ccccc1C(=O)N1CC[C@H](N(C)Cc2nccc(N)n2)C1. The Hall–Kier alpha value is -2.47. The molecule has 0 saturated carbocycles. The van der Waals surface area contributed by atoms with E-state index in [1.165, 1.54) is 0 Å². The topological polar surface area (TPSA) is 75.4 Å². The molecule has 1 fully saturated rings. The molecule has 0 aliphatic carbocycles. The van der Waals surface area contributed by atoms with Crippen molar-refractivity contribution >= 4 is 11.7 Å². The zero-order chi connectivity index (χ0) is 17.8. The molecule has 1 aromatic carbocycles. The number of nitrogen functional groups attached to an aromatic ring is 1. The first-order chi connectivity index (χ1) is 12.1. The maximum absolute atomic E-state index is 12.9. The summed E-state index contributed by atoms with van der Waals surface area (Å²) in [5, 5.41) is 0. The van der Waals surface area contributed by atoms with Gasteiger partial charge in [-0.2, -0.15) is 0 Å². The summed E-state index contributed by atoms with van der Waals surface area (Å²) in [6.07, 6.45) is 3.50.